The van der Waals surface area contributed by atoms with Gasteiger partial charge in [-0.25, -0.2) is 9.97 Å². The van der Waals surface area contributed by atoms with Gasteiger partial charge in [-0.15, -0.1) is 0 Å². The summed E-state index contributed by atoms with van der Waals surface area (Å²) >= 11 is 0. The molecule has 0 aliphatic carbocycles. The zero-order valence-corrected chi connectivity index (χ0v) is 17.6. The SMILES string of the molecule is CNc1ccc(-c2cnccn2)cn1.Cc1nn(CC=O)c(C)c1-c1ccnc(N)c1. The van der Waals surface area contributed by atoms with Crippen LogP contribution in [0, 0.1) is 13.8 Å². The molecule has 0 aliphatic rings. The van der Waals surface area contributed by atoms with Crippen molar-refractivity contribution in [2.45, 2.75) is 20.4 Å². The molecule has 4 aromatic rings. The highest BCUT2D eigenvalue weighted by Gasteiger charge is 2.13. The number of nitrogens with zero attached hydrogens (tertiary/aromatic N) is 6. The number of aldehydes is 1. The zero-order chi connectivity index (χ0) is 22.2. The molecule has 4 aromatic heterocycles. The highest BCUT2D eigenvalue weighted by atomic mass is 16.1. The van der Waals surface area contributed by atoms with Gasteiger partial charge < -0.3 is 15.8 Å². The van der Waals surface area contributed by atoms with Crippen molar-refractivity contribution >= 4 is 17.9 Å². The van der Waals surface area contributed by atoms with Crippen molar-refractivity contribution in [3.05, 3.63) is 66.6 Å². The summed E-state index contributed by atoms with van der Waals surface area (Å²) in [5.74, 6) is 1.32. The third-order valence-corrected chi connectivity index (χ3v) is 4.58. The van der Waals surface area contributed by atoms with Crippen LogP contribution in [0.25, 0.3) is 22.4 Å². The molecule has 0 saturated heterocycles. The molecule has 4 rings (SSSR count). The normalized spacial score (nSPS) is 10.2. The Morgan fingerprint density at radius 2 is 1.87 bits per heavy atom. The fourth-order valence-electron chi connectivity index (χ4n) is 3.11. The second kappa shape index (κ2) is 10.1. The quantitative estimate of drug-likeness (QED) is 0.476. The number of aromatic nitrogens is 6. The van der Waals surface area contributed by atoms with Gasteiger partial charge in [0.1, 0.15) is 17.9 Å². The lowest BCUT2D eigenvalue weighted by molar-refractivity contribution is -0.108. The van der Waals surface area contributed by atoms with Crippen LogP contribution in [0.3, 0.4) is 0 Å². The number of anilines is 2. The average Bonchev–Trinajstić information content (AvgIpc) is 3.08. The monoisotopic (exact) mass is 416 g/mol. The predicted octanol–water partition coefficient (Wildman–Crippen LogP) is 2.92. The Labute approximate surface area is 180 Å². The van der Waals surface area contributed by atoms with Crippen LogP contribution >= 0.6 is 0 Å². The standard InChI is InChI=1S/C12H14N4O.C10H10N4/c1-8-12(9(2)16(15-8)5-6-17)10-3-4-14-11(13)7-10;1-11-10-3-2-8(6-14-10)9-7-12-4-5-13-9/h3-4,6-7H,5H2,1-2H3,(H2,13,14);2-7H,1H3,(H,11,14). The molecule has 0 spiro atoms. The van der Waals surface area contributed by atoms with Gasteiger partial charge in [0.25, 0.3) is 0 Å². The number of nitrogen functional groups attached to an aromatic ring is 1. The number of carbonyl (C=O) groups excluding carboxylic acids is 1. The number of nitrogens with one attached hydrogen (secondary N) is 1. The lowest BCUT2D eigenvalue weighted by Gasteiger charge is -2.03. The minimum Gasteiger partial charge on any atom is -0.384 e. The van der Waals surface area contributed by atoms with E-state index in [4.69, 9.17) is 5.73 Å². The molecule has 31 heavy (non-hydrogen) atoms. The van der Waals surface area contributed by atoms with Crippen molar-refractivity contribution in [2.24, 2.45) is 0 Å². The van der Waals surface area contributed by atoms with Crippen LogP contribution in [-0.2, 0) is 11.3 Å². The van der Waals surface area contributed by atoms with Crippen molar-refractivity contribution in [3.63, 3.8) is 0 Å². The van der Waals surface area contributed by atoms with E-state index in [2.05, 4.69) is 30.4 Å². The van der Waals surface area contributed by atoms with Gasteiger partial charge in [0.05, 0.1) is 24.1 Å². The van der Waals surface area contributed by atoms with Crippen molar-refractivity contribution < 1.29 is 4.79 Å². The summed E-state index contributed by atoms with van der Waals surface area (Å²) in [4.78, 5) is 26.9. The van der Waals surface area contributed by atoms with Crippen molar-refractivity contribution in [2.75, 3.05) is 18.1 Å². The first-order chi connectivity index (χ1) is 15.0. The summed E-state index contributed by atoms with van der Waals surface area (Å²) in [5.41, 5.74) is 11.3. The lowest BCUT2D eigenvalue weighted by atomic mass is 10.1. The Morgan fingerprint density at radius 1 is 1.03 bits per heavy atom. The van der Waals surface area contributed by atoms with E-state index in [9.17, 15) is 4.79 Å². The molecule has 9 heteroatoms. The molecule has 0 saturated carbocycles. The second-order valence-corrected chi connectivity index (χ2v) is 6.64. The Bertz CT molecular complexity index is 1140. The van der Waals surface area contributed by atoms with E-state index in [-0.39, 0.29) is 6.54 Å². The van der Waals surface area contributed by atoms with Crippen molar-refractivity contribution in [1.29, 1.82) is 0 Å². The van der Waals surface area contributed by atoms with Crippen LogP contribution in [0.1, 0.15) is 11.4 Å². The van der Waals surface area contributed by atoms with Gasteiger partial charge in [0.2, 0.25) is 0 Å². The number of pyridine rings is 2. The maximum absolute atomic E-state index is 10.5. The van der Waals surface area contributed by atoms with Gasteiger partial charge in [-0.3, -0.25) is 14.6 Å². The summed E-state index contributed by atoms with van der Waals surface area (Å²) in [7, 11) is 1.84. The van der Waals surface area contributed by atoms with Gasteiger partial charge in [-0.05, 0) is 43.7 Å². The zero-order valence-electron chi connectivity index (χ0n) is 17.6. The molecule has 0 aromatic carbocycles. The van der Waals surface area contributed by atoms with Crippen LogP contribution in [0.15, 0.2) is 55.2 Å². The van der Waals surface area contributed by atoms with E-state index in [0.717, 1.165) is 45.9 Å². The Balaban J connectivity index is 0.000000179. The Hall–Kier alpha value is -4.14. The molecule has 0 fully saturated rings. The minimum atomic E-state index is 0.271. The molecule has 0 bridgehead atoms. The molecule has 0 unspecified atom stereocenters. The van der Waals surface area contributed by atoms with Crippen molar-refractivity contribution in [3.8, 4) is 22.4 Å². The van der Waals surface area contributed by atoms with Gasteiger partial charge in [-0.2, -0.15) is 5.10 Å². The minimum absolute atomic E-state index is 0.271. The Morgan fingerprint density at radius 3 is 2.48 bits per heavy atom. The second-order valence-electron chi connectivity index (χ2n) is 6.64. The first kappa shape index (κ1) is 21.6. The van der Waals surface area contributed by atoms with Crippen LogP contribution in [0.2, 0.25) is 0 Å². The van der Waals surface area contributed by atoms with Gasteiger partial charge in [0.15, 0.2) is 0 Å². The number of aryl methyl sites for hydroxylation is 1. The van der Waals surface area contributed by atoms with E-state index in [1.807, 2.05) is 45.2 Å². The van der Waals surface area contributed by atoms with Crippen molar-refractivity contribution in [1.82, 2.24) is 29.7 Å². The summed E-state index contributed by atoms with van der Waals surface area (Å²) in [6.07, 6.45) is 9.32. The molecule has 0 amide bonds. The van der Waals surface area contributed by atoms with E-state index in [0.29, 0.717) is 5.82 Å². The third-order valence-electron chi connectivity index (χ3n) is 4.58. The number of hydrogen-bond donors (Lipinski definition) is 2. The Kier molecular flexibility index (Phi) is 7.00. The van der Waals surface area contributed by atoms with E-state index in [1.54, 1.807) is 35.7 Å². The summed E-state index contributed by atoms with van der Waals surface area (Å²) < 4.78 is 1.69. The average molecular weight is 416 g/mol. The van der Waals surface area contributed by atoms with Crippen LogP contribution in [0.4, 0.5) is 11.6 Å². The lowest BCUT2D eigenvalue weighted by Crippen LogP contribution is -2.03. The number of carbonyl (C=O) groups is 1. The van der Waals surface area contributed by atoms with Crippen LogP contribution in [0.5, 0.6) is 0 Å². The molecule has 0 atom stereocenters. The van der Waals surface area contributed by atoms with Gasteiger partial charge in [0, 0.05) is 48.7 Å². The van der Waals surface area contributed by atoms with Gasteiger partial charge in [-0.1, -0.05) is 0 Å². The summed E-state index contributed by atoms with van der Waals surface area (Å²) in [5, 5.41) is 7.29. The first-order valence-corrected chi connectivity index (χ1v) is 9.63. The third kappa shape index (κ3) is 5.27. The maximum Gasteiger partial charge on any atom is 0.141 e. The highest BCUT2D eigenvalue weighted by Crippen LogP contribution is 2.27. The molecular formula is C22H24N8O. The highest BCUT2D eigenvalue weighted by molar-refractivity contribution is 5.70. The molecule has 0 radical (unpaired) electrons. The van der Waals surface area contributed by atoms with E-state index >= 15 is 0 Å². The fourth-order valence-corrected chi connectivity index (χ4v) is 3.11. The predicted molar refractivity (Wildman–Crippen MR) is 120 cm³/mol. The van der Waals surface area contributed by atoms with Gasteiger partial charge >= 0.3 is 0 Å². The number of hydrogen-bond acceptors (Lipinski definition) is 8. The summed E-state index contributed by atoms with van der Waals surface area (Å²) in [6.45, 7) is 4.13. The first-order valence-electron chi connectivity index (χ1n) is 9.63. The molecule has 3 N–H and O–H groups in total. The molecule has 9 nitrogen and oxygen atoms in total. The number of rotatable bonds is 5. The van der Waals surface area contributed by atoms with Crippen LogP contribution in [-0.4, -0.2) is 43.1 Å². The molecular weight excluding hydrogens is 392 g/mol. The molecule has 4 heterocycles. The maximum atomic E-state index is 10.5. The molecule has 158 valence electrons. The summed E-state index contributed by atoms with van der Waals surface area (Å²) in [6, 6.07) is 7.56. The van der Waals surface area contributed by atoms with E-state index in [1.165, 1.54) is 0 Å². The van der Waals surface area contributed by atoms with E-state index < -0.39 is 0 Å². The fraction of sp³-hybridized carbons (Fsp3) is 0.182. The number of nitrogens with two attached hydrogens (primary N) is 1. The van der Waals surface area contributed by atoms with Crippen LogP contribution < -0.4 is 11.1 Å². The topological polar surface area (TPSA) is 124 Å². The smallest absolute Gasteiger partial charge is 0.141 e. The molecule has 0 aliphatic heterocycles. The largest absolute Gasteiger partial charge is 0.384 e.